The van der Waals surface area contributed by atoms with E-state index in [1.165, 1.54) is 23.5 Å². The van der Waals surface area contributed by atoms with Crippen LogP contribution in [0.4, 0.5) is 4.39 Å². The van der Waals surface area contributed by atoms with Crippen molar-refractivity contribution >= 4 is 17.2 Å². The van der Waals surface area contributed by atoms with E-state index >= 15 is 0 Å². The van der Waals surface area contributed by atoms with Crippen molar-refractivity contribution in [3.8, 4) is 16.9 Å². The molecule has 4 nitrogen and oxygen atoms in total. The van der Waals surface area contributed by atoms with E-state index in [-0.39, 0.29) is 18.5 Å². The van der Waals surface area contributed by atoms with E-state index in [0.717, 1.165) is 16.7 Å². The zero-order valence-electron chi connectivity index (χ0n) is 14.5. The molecule has 0 aliphatic carbocycles. The number of carbonyl (C=O) groups is 1. The third kappa shape index (κ3) is 3.86. The van der Waals surface area contributed by atoms with Gasteiger partial charge in [-0.25, -0.2) is 4.39 Å². The summed E-state index contributed by atoms with van der Waals surface area (Å²) >= 11 is 1.41. The van der Waals surface area contributed by atoms with Crippen LogP contribution in [0.5, 0.6) is 5.75 Å². The van der Waals surface area contributed by atoms with Gasteiger partial charge in [-0.1, -0.05) is 30.3 Å². The van der Waals surface area contributed by atoms with Gasteiger partial charge < -0.3 is 14.8 Å². The highest BCUT2D eigenvalue weighted by Crippen LogP contribution is 2.30. The molecule has 1 aliphatic heterocycles. The number of fused-ring (bicyclic) bond motifs is 1. The number of benzene rings is 2. The molecule has 27 heavy (non-hydrogen) atoms. The average Bonchev–Trinajstić information content (AvgIpc) is 3.18. The highest BCUT2D eigenvalue weighted by molar-refractivity contribution is 7.12. The number of rotatable bonds is 5. The van der Waals surface area contributed by atoms with Gasteiger partial charge in [0.1, 0.15) is 11.6 Å². The zero-order valence-corrected chi connectivity index (χ0v) is 15.4. The van der Waals surface area contributed by atoms with E-state index in [1.54, 1.807) is 0 Å². The molecule has 1 aliphatic rings. The van der Waals surface area contributed by atoms with Crippen LogP contribution in [-0.4, -0.2) is 19.2 Å². The number of ether oxygens (including phenoxy) is 2. The lowest BCUT2D eigenvalue weighted by molar-refractivity contribution is -0.0172. The molecule has 1 N–H and O–H groups in total. The molecule has 3 aromatic rings. The highest BCUT2D eigenvalue weighted by Gasteiger charge is 2.18. The predicted octanol–water partition coefficient (Wildman–Crippen LogP) is 4.39. The van der Waals surface area contributed by atoms with Gasteiger partial charge in [0.05, 0.1) is 11.5 Å². The zero-order chi connectivity index (χ0) is 18.6. The molecule has 1 aromatic heterocycles. The molecule has 1 amide bonds. The molecule has 0 unspecified atom stereocenters. The summed E-state index contributed by atoms with van der Waals surface area (Å²) in [5.74, 6) is 0.213. The number of hydrogen-bond donors (Lipinski definition) is 1. The molecule has 0 spiro atoms. The first-order valence-corrected chi connectivity index (χ1v) is 9.53. The van der Waals surface area contributed by atoms with Gasteiger partial charge in [0, 0.05) is 17.7 Å². The number of nitrogens with one attached hydrogen (secondary N) is 1. The molecule has 6 heteroatoms. The maximum absolute atomic E-state index is 13.8. The average molecular weight is 383 g/mol. The van der Waals surface area contributed by atoms with E-state index in [4.69, 9.17) is 9.47 Å². The molecule has 4 rings (SSSR count). The van der Waals surface area contributed by atoms with Crippen molar-refractivity contribution in [1.82, 2.24) is 5.32 Å². The van der Waals surface area contributed by atoms with Gasteiger partial charge in [-0.05, 0) is 41.1 Å². The van der Waals surface area contributed by atoms with Gasteiger partial charge in [-0.3, -0.25) is 4.79 Å². The van der Waals surface area contributed by atoms with Crippen molar-refractivity contribution in [3.05, 3.63) is 75.7 Å². The number of hydrogen-bond acceptors (Lipinski definition) is 4. The first-order valence-electron chi connectivity index (χ1n) is 8.65. The van der Waals surface area contributed by atoms with Crippen LogP contribution in [0.15, 0.2) is 53.9 Å². The summed E-state index contributed by atoms with van der Waals surface area (Å²) in [6, 6.07) is 14.6. The molecule has 2 aromatic carbocycles. The van der Waals surface area contributed by atoms with Crippen LogP contribution < -0.4 is 10.1 Å². The van der Waals surface area contributed by atoms with Crippen molar-refractivity contribution in [1.29, 1.82) is 0 Å². The summed E-state index contributed by atoms with van der Waals surface area (Å²) in [7, 11) is 0. The topological polar surface area (TPSA) is 47.6 Å². The summed E-state index contributed by atoms with van der Waals surface area (Å²) in [5, 5.41) is 4.84. The minimum absolute atomic E-state index is 0.127. The highest BCUT2D eigenvalue weighted by atomic mass is 32.1. The van der Waals surface area contributed by atoms with Crippen molar-refractivity contribution in [2.45, 2.75) is 13.0 Å². The summed E-state index contributed by atoms with van der Waals surface area (Å²) in [6.45, 7) is 0.890. The number of thiophene rings is 1. The number of halogens is 1. The standard InChI is InChI=1S/C21H18FNO3S/c22-17-10-15(19-16(11-17)12-25-13-26-19)6-8-23-21(24)20-18(7-9-27-20)14-4-2-1-3-5-14/h1-5,7,9-11H,6,8,12-13H2,(H,23,24). The lowest BCUT2D eigenvalue weighted by Gasteiger charge is -2.21. The lowest BCUT2D eigenvalue weighted by atomic mass is 10.0. The SMILES string of the molecule is O=C(NCCc1cc(F)cc2c1OCOC2)c1sccc1-c1ccccc1. The van der Waals surface area contributed by atoms with Crippen LogP contribution in [-0.2, 0) is 17.8 Å². The van der Waals surface area contributed by atoms with Crippen molar-refractivity contribution in [3.63, 3.8) is 0 Å². The maximum atomic E-state index is 13.8. The first-order chi connectivity index (χ1) is 13.2. The Balaban J connectivity index is 1.44. The molecule has 0 bridgehead atoms. The number of carbonyl (C=O) groups excluding carboxylic acids is 1. The fourth-order valence-corrected chi connectivity index (χ4v) is 4.00. The molecule has 0 radical (unpaired) electrons. The van der Waals surface area contributed by atoms with Gasteiger partial charge in [0.25, 0.3) is 5.91 Å². The van der Waals surface area contributed by atoms with E-state index in [9.17, 15) is 9.18 Å². The first kappa shape index (κ1) is 17.7. The van der Waals surface area contributed by atoms with Crippen LogP contribution in [0.25, 0.3) is 11.1 Å². The Kier molecular flexibility index (Phi) is 5.18. The summed E-state index contributed by atoms with van der Waals surface area (Å²) in [6.07, 6.45) is 0.484. The Morgan fingerprint density at radius 3 is 2.89 bits per heavy atom. The maximum Gasteiger partial charge on any atom is 0.261 e. The van der Waals surface area contributed by atoms with Crippen molar-refractivity contribution in [2.75, 3.05) is 13.3 Å². The van der Waals surface area contributed by atoms with Gasteiger partial charge in [0.15, 0.2) is 6.79 Å². The predicted molar refractivity (Wildman–Crippen MR) is 102 cm³/mol. The Hall–Kier alpha value is -2.70. The summed E-state index contributed by atoms with van der Waals surface area (Å²) in [5.41, 5.74) is 3.37. The summed E-state index contributed by atoms with van der Waals surface area (Å²) < 4.78 is 24.5. The second-order valence-electron chi connectivity index (χ2n) is 6.20. The molecular weight excluding hydrogens is 365 g/mol. The molecule has 138 valence electrons. The minimum Gasteiger partial charge on any atom is -0.467 e. The van der Waals surface area contributed by atoms with E-state index in [2.05, 4.69) is 5.32 Å². The van der Waals surface area contributed by atoms with Crippen molar-refractivity contribution < 1.29 is 18.7 Å². The smallest absolute Gasteiger partial charge is 0.261 e. The van der Waals surface area contributed by atoms with Gasteiger partial charge in [-0.2, -0.15) is 0 Å². The Bertz CT molecular complexity index is 955. The Morgan fingerprint density at radius 2 is 2.04 bits per heavy atom. The van der Waals surface area contributed by atoms with Crippen molar-refractivity contribution in [2.24, 2.45) is 0 Å². The van der Waals surface area contributed by atoms with Gasteiger partial charge in [-0.15, -0.1) is 11.3 Å². The second kappa shape index (κ2) is 7.90. The molecule has 0 saturated carbocycles. The van der Waals surface area contributed by atoms with Crippen LogP contribution in [0.3, 0.4) is 0 Å². The molecule has 0 fully saturated rings. The largest absolute Gasteiger partial charge is 0.467 e. The monoisotopic (exact) mass is 383 g/mol. The molecular formula is C21H18FNO3S. The molecule has 0 saturated heterocycles. The van der Waals surface area contributed by atoms with Crippen LogP contribution in [0.2, 0.25) is 0 Å². The van der Waals surface area contributed by atoms with Crippen LogP contribution in [0, 0.1) is 5.82 Å². The Labute approximate surface area is 160 Å². The fourth-order valence-electron chi connectivity index (χ4n) is 3.16. The molecule has 0 atom stereocenters. The third-order valence-electron chi connectivity index (χ3n) is 4.39. The normalized spacial score (nSPS) is 12.9. The fraction of sp³-hybridized carbons (Fsp3) is 0.190. The van der Waals surface area contributed by atoms with Crippen LogP contribution >= 0.6 is 11.3 Å². The van der Waals surface area contributed by atoms with Gasteiger partial charge in [0.2, 0.25) is 0 Å². The second-order valence-corrected chi connectivity index (χ2v) is 7.12. The number of amides is 1. The van der Waals surface area contributed by atoms with E-state index in [0.29, 0.717) is 35.8 Å². The molecule has 2 heterocycles. The lowest BCUT2D eigenvalue weighted by Crippen LogP contribution is -2.26. The quantitative estimate of drug-likeness (QED) is 0.711. The van der Waals surface area contributed by atoms with Crippen LogP contribution in [0.1, 0.15) is 20.8 Å². The minimum atomic E-state index is -0.325. The van der Waals surface area contributed by atoms with E-state index < -0.39 is 0 Å². The van der Waals surface area contributed by atoms with E-state index in [1.807, 2.05) is 41.8 Å². The Morgan fingerprint density at radius 1 is 1.19 bits per heavy atom. The summed E-state index contributed by atoms with van der Waals surface area (Å²) in [4.78, 5) is 13.3. The van der Waals surface area contributed by atoms with Gasteiger partial charge >= 0.3 is 0 Å². The third-order valence-corrected chi connectivity index (χ3v) is 5.30.